The van der Waals surface area contributed by atoms with Crippen LogP contribution in [0, 0.1) is 4.64 Å². The minimum absolute atomic E-state index is 0.592. The summed E-state index contributed by atoms with van der Waals surface area (Å²) < 4.78 is 0.638. The first-order valence-corrected chi connectivity index (χ1v) is 5.24. The predicted molar refractivity (Wildman–Crippen MR) is 57.6 cm³/mol. The number of nitrogens with one attached hydrogen (secondary N) is 2. The summed E-state index contributed by atoms with van der Waals surface area (Å²) in [5, 5.41) is 13.6. The minimum atomic E-state index is -0.785. The molecule has 2 heterocycles. The Labute approximate surface area is 88.2 Å². The summed E-state index contributed by atoms with van der Waals surface area (Å²) in [5.41, 5.74) is 0.0507. The van der Waals surface area contributed by atoms with Crippen LogP contribution < -0.4 is 5.32 Å². The van der Waals surface area contributed by atoms with E-state index in [9.17, 15) is 5.11 Å². The van der Waals surface area contributed by atoms with Crippen LogP contribution in [-0.4, -0.2) is 23.2 Å². The molecule has 0 aromatic carbocycles. The molecule has 1 aromatic heterocycles. The molecular weight excluding hydrogens is 196 g/mol. The van der Waals surface area contributed by atoms with E-state index in [2.05, 4.69) is 10.3 Å². The average Bonchev–Trinajstić information content (AvgIpc) is 2.19. The summed E-state index contributed by atoms with van der Waals surface area (Å²) in [4.78, 5) is 2.95. The maximum Gasteiger partial charge on any atom is 0.109 e. The molecule has 1 aromatic rings. The number of H-pyrrole nitrogens is 1. The molecule has 0 spiro atoms. The highest BCUT2D eigenvalue weighted by Crippen LogP contribution is 2.28. The van der Waals surface area contributed by atoms with E-state index in [-0.39, 0.29) is 0 Å². The van der Waals surface area contributed by atoms with Gasteiger partial charge in [-0.05, 0) is 25.5 Å². The van der Waals surface area contributed by atoms with Gasteiger partial charge in [-0.3, -0.25) is 0 Å². The number of piperidine rings is 1. The second kappa shape index (κ2) is 3.81. The largest absolute Gasteiger partial charge is 0.384 e. The van der Waals surface area contributed by atoms with Gasteiger partial charge in [-0.25, -0.2) is 0 Å². The first kappa shape index (κ1) is 9.83. The van der Waals surface area contributed by atoms with Crippen molar-refractivity contribution in [2.24, 2.45) is 0 Å². The van der Waals surface area contributed by atoms with Crippen molar-refractivity contribution in [1.29, 1.82) is 0 Å². The van der Waals surface area contributed by atoms with Crippen molar-refractivity contribution in [2.75, 3.05) is 13.1 Å². The second-order valence-corrected chi connectivity index (χ2v) is 4.13. The summed E-state index contributed by atoms with van der Waals surface area (Å²) >= 11 is 5.16. The highest BCUT2D eigenvalue weighted by Gasteiger charge is 2.32. The normalized spacial score (nSPS) is 27.5. The molecule has 0 amide bonds. The van der Waals surface area contributed by atoms with Gasteiger partial charge in [0.2, 0.25) is 0 Å². The Balaban J connectivity index is 2.37. The molecule has 0 saturated carbocycles. The van der Waals surface area contributed by atoms with Gasteiger partial charge in [-0.1, -0.05) is 18.3 Å². The first-order valence-electron chi connectivity index (χ1n) is 4.84. The van der Waals surface area contributed by atoms with E-state index in [4.69, 9.17) is 12.2 Å². The number of aromatic nitrogens is 1. The Morgan fingerprint density at radius 1 is 1.50 bits per heavy atom. The topological polar surface area (TPSA) is 48.0 Å². The third kappa shape index (κ3) is 1.73. The van der Waals surface area contributed by atoms with E-state index in [1.807, 2.05) is 12.1 Å². The maximum atomic E-state index is 10.4. The van der Waals surface area contributed by atoms with Gasteiger partial charge >= 0.3 is 0 Å². The van der Waals surface area contributed by atoms with Crippen molar-refractivity contribution in [1.82, 2.24) is 10.3 Å². The van der Waals surface area contributed by atoms with Crippen molar-refractivity contribution in [3.05, 3.63) is 28.5 Å². The minimum Gasteiger partial charge on any atom is -0.384 e. The predicted octanol–water partition coefficient (Wildman–Crippen LogP) is 1.32. The Morgan fingerprint density at radius 2 is 2.36 bits per heavy atom. The summed E-state index contributed by atoms with van der Waals surface area (Å²) in [6.07, 6.45) is 3.55. The van der Waals surface area contributed by atoms with Gasteiger partial charge in [0.15, 0.2) is 0 Å². The lowest BCUT2D eigenvalue weighted by Gasteiger charge is -2.32. The van der Waals surface area contributed by atoms with Crippen LogP contribution in [0.1, 0.15) is 18.4 Å². The van der Waals surface area contributed by atoms with Crippen molar-refractivity contribution >= 4 is 12.2 Å². The molecule has 3 nitrogen and oxygen atoms in total. The van der Waals surface area contributed by atoms with Crippen molar-refractivity contribution in [3.8, 4) is 0 Å². The van der Waals surface area contributed by atoms with E-state index < -0.39 is 5.60 Å². The Kier molecular flexibility index (Phi) is 2.67. The summed E-state index contributed by atoms with van der Waals surface area (Å²) in [7, 11) is 0. The van der Waals surface area contributed by atoms with Gasteiger partial charge in [0, 0.05) is 18.3 Å². The zero-order valence-electron chi connectivity index (χ0n) is 7.92. The fourth-order valence-electron chi connectivity index (χ4n) is 1.91. The molecule has 2 rings (SSSR count). The second-order valence-electron chi connectivity index (χ2n) is 3.72. The molecule has 1 unspecified atom stereocenters. The van der Waals surface area contributed by atoms with Gasteiger partial charge < -0.3 is 15.4 Å². The Bertz CT molecular complexity index is 368. The third-order valence-electron chi connectivity index (χ3n) is 2.68. The molecule has 4 heteroatoms. The average molecular weight is 210 g/mol. The quantitative estimate of drug-likeness (QED) is 0.613. The number of hydrogen-bond donors (Lipinski definition) is 3. The van der Waals surface area contributed by atoms with E-state index in [0.29, 0.717) is 11.2 Å². The summed E-state index contributed by atoms with van der Waals surface area (Å²) in [6.45, 7) is 1.57. The van der Waals surface area contributed by atoms with Crippen molar-refractivity contribution in [3.63, 3.8) is 0 Å². The van der Waals surface area contributed by atoms with E-state index in [0.717, 1.165) is 24.9 Å². The van der Waals surface area contributed by atoms with Gasteiger partial charge in [0.05, 0.1) is 0 Å². The van der Waals surface area contributed by atoms with E-state index >= 15 is 0 Å². The Morgan fingerprint density at radius 3 is 3.00 bits per heavy atom. The maximum absolute atomic E-state index is 10.4. The number of hydrogen-bond acceptors (Lipinski definition) is 3. The molecule has 1 atom stereocenters. The number of aromatic amines is 1. The third-order valence-corrected chi connectivity index (χ3v) is 3.02. The lowest BCUT2D eigenvalue weighted by atomic mass is 9.88. The molecule has 1 saturated heterocycles. The highest BCUT2D eigenvalue weighted by atomic mass is 32.1. The van der Waals surface area contributed by atoms with Crippen LogP contribution in [0.25, 0.3) is 0 Å². The zero-order chi connectivity index (χ0) is 10.0. The van der Waals surface area contributed by atoms with Crippen LogP contribution in [0.2, 0.25) is 0 Å². The Hall–Kier alpha value is -0.710. The fourth-order valence-corrected chi connectivity index (χ4v) is 2.23. The highest BCUT2D eigenvalue weighted by molar-refractivity contribution is 7.71. The first-order chi connectivity index (χ1) is 6.72. The van der Waals surface area contributed by atoms with E-state index in [1.54, 1.807) is 6.20 Å². The van der Waals surface area contributed by atoms with Crippen LogP contribution >= 0.6 is 12.2 Å². The van der Waals surface area contributed by atoms with Crippen molar-refractivity contribution in [2.45, 2.75) is 18.4 Å². The van der Waals surface area contributed by atoms with Gasteiger partial charge in [-0.2, -0.15) is 0 Å². The van der Waals surface area contributed by atoms with Crippen LogP contribution in [0.5, 0.6) is 0 Å². The van der Waals surface area contributed by atoms with Gasteiger partial charge in [0.25, 0.3) is 0 Å². The summed E-state index contributed by atoms with van der Waals surface area (Å²) in [5.74, 6) is 0. The molecular formula is C10H14N2OS. The molecule has 1 fully saturated rings. The molecule has 1 aliphatic heterocycles. The molecule has 0 radical (unpaired) electrons. The SMILES string of the molecule is OC1(c2ccc[nH]c2=S)CCCNC1. The van der Waals surface area contributed by atoms with Crippen LogP contribution in [-0.2, 0) is 5.60 Å². The number of β-amino-alcohol motifs (C(OH)–C–C–N with tert-alkyl or cyclic N) is 1. The molecule has 0 aliphatic carbocycles. The fraction of sp³-hybridized carbons (Fsp3) is 0.500. The van der Waals surface area contributed by atoms with E-state index in [1.165, 1.54) is 0 Å². The molecule has 3 N–H and O–H groups in total. The van der Waals surface area contributed by atoms with Crippen molar-refractivity contribution < 1.29 is 5.11 Å². The van der Waals surface area contributed by atoms with Gasteiger partial charge in [-0.15, -0.1) is 0 Å². The lowest BCUT2D eigenvalue weighted by Crippen LogP contribution is -2.43. The number of aliphatic hydroxyl groups is 1. The zero-order valence-corrected chi connectivity index (χ0v) is 8.73. The molecule has 14 heavy (non-hydrogen) atoms. The van der Waals surface area contributed by atoms with Crippen LogP contribution in [0.4, 0.5) is 0 Å². The van der Waals surface area contributed by atoms with Crippen LogP contribution in [0.15, 0.2) is 18.3 Å². The molecule has 1 aliphatic rings. The van der Waals surface area contributed by atoms with Gasteiger partial charge in [0.1, 0.15) is 10.2 Å². The van der Waals surface area contributed by atoms with Crippen LogP contribution in [0.3, 0.4) is 0 Å². The number of rotatable bonds is 1. The smallest absolute Gasteiger partial charge is 0.109 e. The summed E-state index contributed by atoms with van der Waals surface area (Å²) in [6, 6.07) is 3.77. The standard InChI is InChI=1S/C10H14N2OS/c13-10(4-2-5-11-7-10)8-3-1-6-12-9(8)14/h1,3,6,11,13H,2,4-5,7H2,(H,12,14). The molecule has 0 bridgehead atoms. The number of pyridine rings is 1. The monoisotopic (exact) mass is 210 g/mol. The lowest BCUT2D eigenvalue weighted by molar-refractivity contribution is 0.0116. The molecule has 76 valence electrons.